The van der Waals surface area contributed by atoms with Crippen molar-refractivity contribution in [1.29, 1.82) is 0 Å². The number of aromatic carboxylic acids is 1. The number of carboxylic acid groups (broad SMARTS) is 2. The smallest absolute Gasteiger partial charge is 0.335 e. The van der Waals surface area contributed by atoms with E-state index in [0.717, 1.165) is 93.9 Å². The summed E-state index contributed by atoms with van der Waals surface area (Å²) >= 11 is 0. The summed E-state index contributed by atoms with van der Waals surface area (Å²) in [6, 6.07) is 21.1. The summed E-state index contributed by atoms with van der Waals surface area (Å²) in [5.41, 5.74) is 2.35. The fourth-order valence-electron chi connectivity index (χ4n) is 5.56. The summed E-state index contributed by atoms with van der Waals surface area (Å²) in [6.45, 7) is 5.96. The maximum absolute atomic E-state index is 11.2. The second-order valence-electron chi connectivity index (χ2n) is 11.4. The molecule has 2 aromatic carbocycles. The highest BCUT2D eigenvalue weighted by atomic mass is 16.5. The lowest BCUT2D eigenvalue weighted by molar-refractivity contribution is -0.137. The number of para-hydroxylation sites is 1. The van der Waals surface area contributed by atoms with E-state index >= 15 is 0 Å². The molecule has 2 N–H and O–H groups in total. The molecule has 234 valence electrons. The topological polar surface area (TPSA) is 103 Å². The third kappa shape index (κ3) is 11.2. The minimum absolute atomic E-state index is 0.170. The molecule has 0 radical (unpaired) electrons. The first kappa shape index (κ1) is 32.7. The monoisotopic (exact) mass is 599 g/mol. The van der Waals surface area contributed by atoms with Gasteiger partial charge in [-0.05, 0) is 86.9 Å². The molecule has 1 aromatic heterocycles. The van der Waals surface area contributed by atoms with Crippen LogP contribution in [-0.4, -0.2) is 71.4 Å². The van der Waals surface area contributed by atoms with Crippen LogP contribution in [-0.2, 0) is 11.2 Å². The van der Waals surface area contributed by atoms with Crippen LogP contribution in [0.4, 0.5) is 5.82 Å². The summed E-state index contributed by atoms with van der Waals surface area (Å²) < 4.78 is 6.20. The van der Waals surface area contributed by atoms with E-state index in [4.69, 9.17) is 9.84 Å². The number of unbranched alkanes of at least 4 members (excludes halogenated alkanes) is 3. The Labute approximate surface area is 261 Å². The standard InChI is InChI=1S/C36H45N3O5/c40-35(41)14-5-2-10-29(28-30-16-19-32(20-17-30)36(42)43)15-18-31-11-3-4-12-33(31)44-27-9-1-8-22-38-23-25-39(26-24-38)34-13-6-7-21-37-34/h3-4,6-7,11-13,15-21,29H,1-2,5,8-10,14,22-28H2,(H,40,41)(H,42,43)/b18-15+. The van der Waals surface area contributed by atoms with Gasteiger partial charge in [-0.2, -0.15) is 0 Å². The molecule has 3 aromatic rings. The lowest BCUT2D eigenvalue weighted by Crippen LogP contribution is -2.46. The number of carbonyl (C=O) groups is 2. The Morgan fingerprint density at radius 1 is 0.864 bits per heavy atom. The first-order valence-corrected chi connectivity index (χ1v) is 15.8. The van der Waals surface area contributed by atoms with Crippen LogP contribution in [0.5, 0.6) is 5.75 Å². The molecule has 8 heteroatoms. The van der Waals surface area contributed by atoms with E-state index in [9.17, 15) is 14.7 Å². The summed E-state index contributed by atoms with van der Waals surface area (Å²) in [6.07, 6.45) is 12.7. The molecule has 1 fully saturated rings. The predicted octanol–water partition coefficient (Wildman–Crippen LogP) is 6.67. The molecule has 1 saturated heterocycles. The zero-order chi connectivity index (χ0) is 31.0. The van der Waals surface area contributed by atoms with Gasteiger partial charge in [0.1, 0.15) is 11.6 Å². The fourth-order valence-corrected chi connectivity index (χ4v) is 5.56. The molecule has 0 amide bonds. The Bertz CT molecular complexity index is 1320. The highest BCUT2D eigenvalue weighted by Gasteiger charge is 2.17. The number of anilines is 1. The van der Waals surface area contributed by atoms with E-state index in [-0.39, 0.29) is 17.9 Å². The number of nitrogens with zero attached hydrogens (tertiary/aromatic N) is 3. The van der Waals surface area contributed by atoms with Gasteiger partial charge in [0.25, 0.3) is 0 Å². The largest absolute Gasteiger partial charge is 0.493 e. The molecule has 1 aliphatic heterocycles. The van der Waals surface area contributed by atoms with Gasteiger partial charge in [-0.1, -0.05) is 55.0 Å². The summed E-state index contributed by atoms with van der Waals surface area (Å²) in [7, 11) is 0. The van der Waals surface area contributed by atoms with Gasteiger partial charge in [-0.15, -0.1) is 0 Å². The second kappa shape index (κ2) is 17.8. The number of allylic oxidation sites excluding steroid dienone is 1. The average Bonchev–Trinajstić information content (AvgIpc) is 3.04. The van der Waals surface area contributed by atoms with Crippen LogP contribution in [0, 0.1) is 5.92 Å². The average molecular weight is 600 g/mol. The van der Waals surface area contributed by atoms with Crippen LogP contribution in [0.25, 0.3) is 6.08 Å². The fraction of sp³-hybridized carbons (Fsp3) is 0.417. The van der Waals surface area contributed by atoms with Crippen molar-refractivity contribution >= 4 is 23.8 Å². The van der Waals surface area contributed by atoms with E-state index in [1.807, 2.05) is 48.7 Å². The van der Waals surface area contributed by atoms with Gasteiger partial charge in [-0.3, -0.25) is 9.69 Å². The zero-order valence-electron chi connectivity index (χ0n) is 25.5. The highest BCUT2D eigenvalue weighted by molar-refractivity contribution is 5.87. The molecular weight excluding hydrogens is 554 g/mol. The summed E-state index contributed by atoms with van der Waals surface area (Å²) in [5, 5.41) is 18.2. The first-order chi connectivity index (χ1) is 21.5. The van der Waals surface area contributed by atoms with Gasteiger partial charge < -0.3 is 19.8 Å². The molecule has 0 aliphatic carbocycles. The third-order valence-corrected chi connectivity index (χ3v) is 8.10. The Morgan fingerprint density at radius 3 is 2.36 bits per heavy atom. The van der Waals surface area contributed by atoms with Crippen LogP contribution in [0.15, 0.2) is 79.0 Å². The van der Waals surface area contributed by atoms with Crippen LogP contribution in [0.3, 0.4) is 0 Å². The van der Waals surface area contributed by atoms with E-state index in [0.29, 0.717) is 13.0 Å². The molecule has 0 spiro atoms. The lowest BCUT2D eigenvalue weighted by atomic mass is 9.92. The number of aliphatic carboxylic acids is 1. The van der Waals surface area contributed by atoms with E-state index in [1.165, 1.54) is 0 Å². The van der Waals surface area contributed by atoms with Crippen molar-refractivity contribution < 1.29 is 24.5 Å². The third-order valence-electron chi connectivity index (χ3n) is 8.10. The number of piperazine rings is 1. The van der Waals surface area contributed by atoms with Crippen molar-refractivity contribution in [3.05, 3.63) is 95.7 Å². The molecular formula is C36H45N3O5. The van der Waals surface area contributed by atoms with Crippen molar-refractivity contribution in [3.63, 3.8) is 0 Å². The number of ether oxygens (including phenoxy) is 1. The molecule has 2 heterocycles. The van der Waals surface area contributed by atoms with Gasteiger partial charge in [0.2, 0.25) is 0 Å². The molecule has 0 bridgehead atoms. The first-order valence-electron chi connectivity index (χ1n) is 15.8. The SMILES string of the molecule is O=C(O)CCCCC(/C=C/c1ccccc1OCCCCCN1CCN(c2ccccn2)CC1)Cc1ccc(C(=O)O)cc1. The molecule has 4 rings (SSSR count). The van der Waals surface area contributed by atoms with E-state index < -0.39 is 11.9 Å². The molecule has 1 unspecified atom stereocenters. The second-order valence-corrected chi connectivity index (χ2v) is 11.4. The number of pyridine rings is 1. The Hall–Kier alpha value is -4.17. The summed E-state index contributed by atoms with van der Waals surface area (Å²) in [4.78, 5) is 31.6. The quantitative estimate of drug-likeness (QED) is 0.156. The van der Waals surface area contributed by atoms with Crippen molar-refractivity contribution in [1.82, 2.24) is 9.88 Å². The van der Waals surface area contributed by atoms with Crippen LogP contribution in [0.1, 0.15) is 66.4 Å². The van der Waals surface area contributed by atoms with Crippen LogP contribution in [0.2, 0.25) is 0 Å². The maximum Gasteiger partial charge on any atom is 0.335 e. The minimum Gasteiger partial charge on any atom is -0.493 e. The van der Waals surface area contributed by atoms with Crippen LogP contribution < -0.4 is 9.64 Å². The Kier molecular flexibility index (Phi) is 13.3. The Morgan fingerprint density at radius 2 is 1.64 bits per heavy atom. The number of benzene rings is 2. The van der Waals surface area contributed by atoms with Crippen molar-refractivity contribution in [2.24, 2.45) is 5.92 Å². The van der Waals surface area contributed by atoms with Crippen molar-refractivity contribution in [2.45, 2.75) is 51.4 Å². The van der Waals surface area contributed by atoms with Crippen LogP contribution >= 0.6 is 0 Å². The minimum atomic E-state index is -0.936. The normalized spacial score (nSPS) is 14.5. The van der Waals surface area contributed by atoms with Gasteiger partial charge in [0, 0.05) is 44.4 Å². The maximum atomic E-state index is 11.2. The van der Waals surface area contributed by atoms with Crippen molar-refractivity contribution in [3.8, 4) is 5.75 Å². The molecule has 1 aliphatic rings. The Balaban J connectivity index is 1.22. The number of hydrogen-bond acceptors (Lipinski definition) is 6. The van der Waals surface area contributed by atoms with E-state index in [2.05, 4.69) is 39.1 Å². The lowest BCUT2D eigenvalue weighted by Gasteiger charge is -2.35. The number of carboxylic acids is 2. The molecule has 1 atom stereocenters. The van der Waals surface area contributed by atoms with E-state index in [1.54, 1.807) is 12.1 Å². The van der Waals surface area contributed by atoms with Gasteiger partial charge in [-0.25, -0.2) is 9.78 Å². The number of rotatable bonds is 18. The summed E-state index contributed by atoms with van der Waals surface area (Å²) in [5.74, 6) is 0.418. The molecule has 0 saturated carbocycles. The van der Waals surface area contributed by atoms with Crippen molar-refractivity contribution in [2.75, 3.05) is 44.2 Å². The molecule has 44 heavy (non-hydrogen) atoms. The predicted molar refractivity (Wildman–Crippen MR) is 174 cm³/mol. The highest BCUT2D eigenvalue weighted by Crippen LogP contribution is 2.24. The zero-order valence-corrected chi connectivity index (χ0v) is 25.5. The van der Waals surface area contributed by atoms with Gasteiger partial charge in [0.05, 0.1) is 12.2 Å². The van der Waals surface area contributed by atoms with Gasteiger partial charge >= 0.3 is 11.9 Å². The number of hydrogen-bond donors (Lipinski definition) is 2. The van der Waals surface area contributed by atoms with Gasteiger partial charge in [0.15, 0.2) is 0 Å². The molecule has 8 nitrogen and oxygen atoms in total. The number of aromatic nitrogens is 1.